The van der Waals surface area contributed by atoms with Crippen molar-refractivity contribution in [1.82, 2.24) is 10.2 Å². The molecule has 0 aromatic heterocycles. The van der Waals surface area contributed by atoms with E-state index in [9.17, 15) is 0 Å². The molecule has 4 nitrogen and oxygen atoms in total. The second kappa shape index (κ2) is 13.4. The van der Waals surface area contributed by atoms with Crippen LogP contribution in [0.3, 0.4) is 0 Å². The van der Waals surface area contributed by atoms with E-state index in [4.69, 9.17) is 11.5 Å². The van der Waals surface area contributed by atoms with Crippen molar-refractivity contribution in [3.63, 3.8) is 0 Å². The van der Waals surface area contributed by atoms with Crippen molar-refractivity contribution in [1.29, 1.82) is 0 Å². The highest BCUT2D eigenvalue weighted by molar-refractivity contribution is 6.02. The van der Waals surface area contributed by atoms with Gasteiger partial charge in [0.1, 0.15) is 0 Å². The van der Waals surface area contributed by atoms with Crippen LogP contribution in [0.4, 0.5) is 0 Å². The van der Waals surface area contributed by atoms with Crippen molar-refractivity contribution >= 4 is 21.5 Å². The number of rotatable bonds is 15. The maximum Gasteiger partial charge on any atom is 0.0217 e. The quantitative estimate of drug-likeness (QED) is 0.247. The number of hydrogen-bond acceptors (Lipinski definition) is 4. The molecule has 5 N–H and O–H groups in total. The van der Waals surface area contributed by atoms with Gasteiger partial charge < -0.3 is 21.7 Å². The van der Waals surface area contributed by atoms with Gasteiger partial charge in [0.05, 0.1) is 0 Å². The van der Waals surface area contributed by atoms with Gasteiger partial charge in [-0.2, -0.15) is 0 Å². The first kappa shape index (κ1) is 23.7. The highest BCUT2D eigenvalue weighted by atomic mass is 15.1. The Bertz CT molecular complexity index is 854. The normalized spacial score (nSPS) is 11.7. The fourth-order valence-electron chi connectivity index (χ4n) is 4.41. The molecule has 0 heterocycles. The summed E-state index contributed by atoms with van der Waals surface area (Å²) in [7, 11) is 0. The molecular weight excluding hydrogens is 380 g/mol. The lowest BCUT2D eigenvalue weighted by molar-refractivity contribution is 0.258. The summed E-state index contributed by atoms with van der Waals surface area (Å²) in [5.74, 6) is 0. The van der Waals surface area contributed by atoms with Gasteiger partial charge in [-0.15, -0.1) is 0 Å². The summed E-state index contributed by atoms with van der Waals surface area (Å²) in [6, 6.07) is 19.8. The van der Waals surface area contributed by atoms with Crippen LogP contribution in [0.15, 0.2) is 54.6 Å². The molecule has 3 aromatic carbocycles. The zero-order chi connectivity index (χ0) is 21.7. The fourth-order valence-corrected chi connectivity index (χ4v) is 4.41. The predicted octanol–water partition coefficient (Wildman–Crippen LogP) is 4.64. The Balaban J connectivity index is 1.53. The number of fused-ring (bicyclic) bond motifs is 2. The standard InChI is InChI=1S/C27H40N4/c28-15-6-1-8-18-31(19-9-7-16-29)20-10-17-30-22-27-25-13-4-2-11-23(25)21-24-12-3-5-14-26(24)27/h2-5,11-14,21,30H,1,6-10,15-20,22,28-29H2. The molecule has 3 rings (SSSR count). The lowest BCUT2D eigenvalue weighted by atomic mass is 9.97. The Labute approximate surface area is 188 Å². The second-order valence-electron chi connectivity index (χ2n) is 8.51. The Hall–Kier alpha value is -1.98. The summed E-state index contributed by atoms with van der Waals surface area (Å²) in [4.78, 5) is 2.61. The largest absolute Gasteiger partial charge is 0.330 e. The minimum Gasteiger partial charge on any atom is -0.330 e. The minimum absolute atomic E-state index is 0.793. The van der Waals surface area contributed by atoms with E-state index in [2.05, 4.69) is 64.8 Å². The van der Waals surface area contributed by atoms with E-state index in [1.165, 1.54) is 59.3 Å². The van der Waals surface area contributed by atoms with E-state index in [-0.39, 0.29) is 0 Å². The molecule has 0 saturated carbocycles. The molecule has 0 amide bonds. The Morgan fingerprint density at radius 3 is 1.84 bits per heavy atom. The van der Waals surface area contributed by atoms with E-state index in [0.717, 1.165) is 52.1 Å². The average molecular weight is 421 g/mol. The van der Waals surface area contributed by atoms with Gasteiger partial charge in [0.15, 0.2) is 0 Å². The van der Waals surface area contributed by atoms with Gasteiger partial charge in [-0.25, -0.2) is 0 Å². The van der Waals surface area contributed by atoms with Crippen LogP contribution in [0, 0.1) is 0 Å². The number of nitrogens with zero attached hydrogens (tertiary/aromatic N) is 1. The monoisotopic (exact) mass is 420 g/mol. The SMILES string of the molecule is NCCCCCN(CCCCN)CCCNCc1c2ccccc2cc2ccccc12. The van der Waals surface area contributed by atoms with Crippen molar-refractivity contribution in [2.45, 2.75) is 45.1 Å². The van der Waals surface area contributed by atoms with Crippen molar-refractivity contribution in [2.75, 3.05) is 39.3 Å². The molecule has 0 radical (unpaired) electrons. The van der Waals surface area contributed by atoms with Crippen LogP contribution in [0.25, 0.3) is 21.5 Å². The van der Waals surface area contributed by atoms with Gasteiger partial charge in [0, 0.05) is 6.54 Å². The Kier molecular flexibility index (Phi) is 10.3. The third-order valence-corrected chi connectivity index (χ3v) is 6.12. The number of hydrogen-bond donors (Lipinski definition) is 3. The Morgan fingerprint density at radius 2 is 1.19 bits per heavy atom. The Morgan fingerprint density at radius 1 is 0.645 bits per heavy atom. The van der Waals surface area contributed by atoms with E-state index in [1.54, 1.807) is 0 Å². The van der Waals surface area contributed by atoms with E-state index in [0.29, 0.717) is 0 Å². The number of unbranched alkanes of at least 4 members (excludes halogenated alkanes) is 3. The molecule has 0 aliphatic heterocycles. The van der Waals surface area contributed by atoms with Crippen LogP contribution >= 0.6 is 0 Å². The summed E-state index contributed by atoms with van der Waals surface area (Å²) in [6.45, 7) is 7.03. The van der Waals surface area contributed by atoms with E-state index in [1.807, 2.05) is 0 Å². The first-order valence-corrected chi connectivity index (χ1v) is 12.1. The summed E-state index contributed by atoms with van der Waals surface area (Å²) < 4.78 is 0. The first-order valence-electron chi connectivity index (χ1n) is 12.1. The molecule has 3 aromatic rings. The molecule has 0 aliphatic carbocycles. The lowest BCUT2D eigenvalue weighted by Crippen LogP contribution is -2.30. The number of nitrogens with one attached hydrogen (secondary N) is 1. The molecule has 0 aliphatic rings. The second-order valence-corrected chi connectivity index (χ2v) is 8.51. The van der Waals surface area contributed by atoms with Crippen molar-refractivity contribution in [2.24, 2.45) is 11.5 Å². The predicted molar refractivity (Wildman–Crippen MR) is 135 cm³/mol. The molecule has 168 valence electrons. The third kappa shape index (κ3) is 7.29. The van der Waals surface area contributed by atoms with Crippen LogP contribution in [0.5, 0.6) is 0 Å². The molecule has 0 atom stereocenters. The molecule has 0 spiro atoms. The smallest absolute Gasteiger partial charge is 0.0217 e. The molecule has 31 heavy (non-hydrogen) atoms. The van der Waals surface area contributed by atoms with Gasteiger partial charge in [0.25, 0.3) is 0 Å². The lowest BCUT2D eigenvalue weighted by Gasteiger charge is -2.22. The summed E-state index contributed by atoms with van der Waals surface area (Å²) in [5.41, 5.74) is 12.7. The zero-order valence-electron chi connectivity index (χ0n) is 19.0. The maximum atomic E-state index is 5.69. The van der Waals surface area contributed by atoms with Gasteiger partial charge in [-0.1, -0.05) is 55.0 Å². The van der Waals surface area contributed by atoms with Crippen molar-refractivity contribution in [3.05, 3.63) is 60.2 Å². The van der Waals surface area contributed by atoms with Crippen LogP contribution in [0.2, 0.25) is 0 Å². The molecular formula is C27H40N4. The van der Waals surface area contributed by atoms with Crippen LogP contribution < -0.4 is 16.8 Å². The van der Waals surface area contributed by atoms with Gasteiger partial charge in [-0.3, -0.25) is 0 Å². The maximum absolute atomic E-state index is 5.69. The molecule has 0 unspecified atom stereocenters. The third-order valence-electron chi connectivity index (χ3n) is 6.12. The summed E-state index contributed by atoms with van der Waals surface area (Å²) in [6.07, 6.45) is 7.10. The summed E-state index contributed by atoms with van der Waals surface area (Å²) in [5, 5.41) is 9.08. The van der Waals surface area contributed by atoms with Crippen LogP contribution in [-0.2, 0) is 6.54 Å². The van der Waals surface area contributed by atoms with Gasteiger partial charge in [-0.05, 0) is 105 Å². The van der Waals surface area contributed by atoms with Crippen LogP contribution in [0.1, 0.15) is 44.1 Å². The van der Waals surface area contributed by atoms with Gasteiger partial charge in [0.2, 0.25) is 0 Å². The van der Waals surface area contributed by atoms with Crippen LogP contribution in [-0.4, -0.2) is 44.2 Å². The topological polar surface area (TPSA) is 67.3 Å². The minimum atomic E-state index is 0.793. The van der Waals surface area contributed by atoms with E-state index < -0.39 is 0 Å². The highest BCUT2D eigenvalue weighted by Gasteiger charge is 2.08. The fraction of sp³-hybridized carbons (Fsp3) is 0.481. The van der Waals surface area contributed by atoms with E-state index >= 15 is 0 Å². The first-order chi connectivity index (χ1) is 15.3. The molecule has 0 saturated heterocycles. The number of benzene rings is 3. The van der Waals surface area contributed by atoms with Crippen molar-refractivity contribution < 1.29 is 0 Å². The molecule has 0 bridgehead atoms. The molecule has 0 fully saturated rings. The van der Waals surface area contributed by atoms with Gasteiger partial charge >= 0.3 is 0 Å². The van der Waals surface area contributed by atoms with Crippen molar-refractivity contribution in [3.8, 4) is 0 Å². The highest BCUT2D eigenvalue weighted by Crippen LogP contribution is 2.28. The molecule has 4 heteroatoms. The average Bonchev–Trinajstić information content (AvgIpc) is 2.80. The summed E-state index contributed by atoms with van der Waals surface area (Å²) >= 11 is 0. The number of nitrogens with two attached hydrogens (primary N) is 2. The zero-order valence-corrected chi connectivity index (χ0v) is 19.0.